The Morgan fingerprint density at radius 3 is 2.44 bits per heavy atom. The van der Waals surface area contributed by atoms with Gasteiger partial charge in [-0.3, -0.25) is 19.1 Å². The lowest BCUT2D eigenvalue weighted by Crippen LogP contribution is -2.39. The maximum absolute atomic E-state index is 12.8. The summed E-state index contributed by atoms with van der Waals surface area (Å²) in [4.78, 5) is 40.5. The molecule has 2 aromatic rings. The van der Waals surface area contributed by atoms with Crippen molar-refractivity contribution in [1.29, 1.82) is 0 Å². The molecule has 8 nitrogen and oxygen atoms in total. The molecular weight excluding hydrogens is 348 g/mol. The van der Waals surface area contributed by atoms with Gasteiger partial charge in [-0.2, -0.15) is 0 Å². The standard InChI is InChI=1S/C19H26N4O4/c1-4-6-11-23-16(20)15(17(24)21-19(23)26)22(3)18(25)13-7-9-14(10-8-13)27-12-5-2/h7-10H,4-6,11-12,20H2,1-3H3,(H,21,24,26). The topological polar surface area (TPSA) is 110 Å². The average molecular weight is 374 g/mol. The van der Waals surface area contributed by atoms with Gasteiger partial charge < -0.3 is 15.4 Å². The molecule has 0 radical (unpaired) electrons. The summed E-state index contributed by atoms with van der Waals surface area (Å²) >= 11 is 0. The minimum absolute atomic E-state index is 0.0176. The average Bonchev–Trinajstić information content (AvgIpc) is 2.65. The molecule has 1 aromatic carbocycles. The van der Waals surface area contributed by atoms with Crippen molar-refractivity contribution in [3.63, 3.8) is 0 Å². The highest BCUT2D eigenvalue weighted by Crippen LogP contribution is 2.19. The van der Waals surface area contributed by atoms with Crippen molar-refractivity contribution in [1.82, 2.24) is 9.55 Å². The molecule has 0 saturated carbocycles. The summed E-state index contributed by atoms with van der Waals surface area (Å²) in [5.74, 6) is 0.243. The molecule has 0 aliphatic rings. The van der Waals surface area contributed by atoms with Gasteiger partial charge in [0.2, 0.25) is 0 Å². The smallest absolute Gasteiger partial charge is 0.330 e. The number of nitrogens with zero attached hydrogens (tertiary/aromatic N) is 2. The van der Waals surface area contributed by atoms with Crippen molar-refractivity contribution in [2.75, 3.05) is 24.3 Å². The number of aromatic nitrogens is 2. The fourth-order valence-electron chi connectivity index (χ4n) is 2.65. The number of H-pyrrole nitrogens is 1. The Labute approximate surface area is 157 Å². The summed E-state index contributed by atoms with van der Waals surface area (Å²) in [5, 5.41) is 0. The Morgan fingerprint density at radius 1 is 1.19 bits per heavy atom. The number of nitrogen functional groups attached to an aromatic ring is 1. The van der Waals surface area contributed by atoms with Crippen molar-refractivity contribution >= 4 is 17.4 Å². The predicted molar refractivity (Wildman–Crippen MR) is 106 cm³/mol. The number of carbonyl (C=O) groups is 1. The van der Waals surface area contributed by atoms with E-state index in [2.05, 4.69) is 4.98 Å². The highest BCUT2D eigenvalue weighted by Gasteiger charge is 2.22. The fourth-order valence-corrected chi connectivity index (χ4v) is 2.65. The van der Waals surface area contributed by atoms with E-state index in [4.69, 9.17) is 10.5 Å². The number of unbranched alkanes of at least 4 members (excludes halogenated alkanes) is 1. The molecule has 1 amide bonds. The van der Waals surface area contributed by atoms with Gasteiger partial charge in [-0.25, -0.2) is 4.79 Å². The van der Waals surface area contributed by atoms with Gasteiger partial charge in [-0.15, -0.1) is 0 Å². The number of benzene rings is 1. The van der Waals surface area contributed by atoms with Crippen molar-refractivity contribution in [3.8, 4) is 5.75 Å². The van der Waals surface area contributed by atoms with Crippen LogP contribution >= 0.6 is 0 Å². The lowest BCUT2D eigenvalue weighted by Gasteiger charge is -2.20. The van der Waals surface area contributed by atoms with E-state index in [-0.39, 0.29) is 11.5 Å². The van der Waals surface area contributed by atoms with E-state index >= 15 is 0 Å². The first-order valence-electron chi connectivity index (χ1n) is 9.04. The first kappa shape index (κ1) is 20.3. The third kappa shape index (κ3) is 4.58. The van der Waals surface area contributed by atoms with Crippen LogP contribution in [-0.4, -0.2) is 29.1 Å². The van der Waals surface area contributed by atoms with Gasteiger partial charge in [0.25, 0.3) is 11.5 Å². The molecule has 27 heavy (non-hydrogen) atoms. The lowest BCUT2D eigenvalue weighted by molar-refractivity contribution is 0.0992. The zero-order valence-corrected chi connectivity index (χ0v) is 15.9. The van der Waals surface area contributed by atoms with Crippen molar-refractivity contribution < 1.29 is 9.53 Å². The van der Waals surface area contributed by atoms with Crippen LogP contribution in [0.25, 0.3) is 0 Å². The predicted octanol–water partition coefficient (Wildman–Crippen LogP) is 1.98. The Bertz CT molecular complexity index is 899. The van der Waals surface area contributed by atoms with Gasteiger partial charge in [-0.05, 0) is 37.1 Å². The molecule has 0 aliphatic heterocycles. The zero-order chi connectivity index (χ0) is 20.0. The van der Waals surface area contributed by atoms with Gasteiger partial charge in [0.15, 0.2) is 5.69 Å². The molecule has 0 saturated heterocycles. The number of aromatic amines is 1. The van der Waals surface area contributed by atoms with E-state index in [1.54, 1.807) is 24.3 Å². The minimum atomic E-state index is -0.691. The van der Waals surface area contributed by atoms with Crippen LogP contribution in [0.5, 0.6) is 5.75 Å². The molecule has 2 rings (SSSR count). The summed E-state index contributed by atoms with van der Waals surface area (Å²) in [6.07, 6.45) is 2.48. The second-order valence-electron chi connectivity index (χ2n) is 6.24. The molecule has 3 N–H and O–H groups in total. The summed E-state index contributed by atoms with van der Waals surface area (Å²) in [6, 6.07) is 6.65. The molecule has 146 valence electrons. The second kappa shape index (κ2) is 9.07. The Kier molecular flexibility index (Phi) is 6.81. The van der Waals surface area contributed by atoms with Gasteiger partial charge >= 0.3 is 5.69 Å². The van der Waals surface area contributed by atoms with Crippen LogP contribution in [0.1, 0.15) is 43.5 Å². The summed E-state index contributed by atoms with van der Waals surface area (Å²) in [7, 11) is 1.46. The van der Waals surface area contributed by atoms with Gasteiger partial charge in [0.1, 0.15) is 11.6 Å². The third-order valence-corrected chi connectivity index (χ3v) is 4.16. The largest absolute Gasteiger partial charge is 0.494 e. The Balaban J connectivity index is 2.33. The van der Waals surface area contributed by atoms with Crippen molar-refractivity contribution in [3.05, 3.63) is 50.7 Å². The molecule has 0 aliphatic carbocycles. The fraction of sp³-hybridized carbons (Fsp3) is 0.421. The maximum atomic E-state index is 12.8. The van der Waals surface area contributed by atoms with Crippen LogP contribution in [0.3, 0.4) is 0 Å². The Morgan fingerprint density at radius 2 is 1.85 bits per heavy atom. The number of anilines is 2. The number of ether oxygens (including phenoxy) is 1. The van der Waals surface area contributed by atoms with E-state index in [9.17, 15) is 14.4 Å². The highest BCUT2D eigenvalue weighted by molar-refractivity contribution is 6.06. The molecule has 8 heteroatoms. The number of carbonyl (C=O) groups excluding carboxylic acids is 1. The molecule has 0 atom stereocenters. The molecule has 1 heterocycles. The second-order valence-corrected chi connectivity index (χ2v) is 6.24. The van der Waals surface area contributed by atoms with Crippen LogP contribution in [0.2, 0.25) is 0 Å². The summed E-state index contributed by atoms with van der Waals surface area (Å²) in [5.41, 5.74) is 5.13. The number of hydrogen-bond donors (Lipinski definition) is 2. The van der Waals surface area contributed by atoms with E-state index in [0.29, 0.717) is 24.5 Å². The number of hydrogen-bond acceptors (Lipinski definition) is 5. The zero-order valence-electron chi connectivity index (χ0n) is 15.9. The molecule has 0 bridgehead atoms. The lowest BCUT2D eigenvalue weighted by atomic mass is 10.2. The molecular formula is C19H26N4O4. The molecule has 0 fully saturated rings. The van der Waals surface area contributed by atoms with E-state index in [1.165, 1.54) is 11.6 Å². The summed E-state index contributed by atoms with van der Waals surface area (Å²) in [6.45, 7) is 4.96. The molecule has 1 aromatic heterocycles. The van der Waals surface area contributed by atoms with Crippen LogP contribution < -0.4 is 26.6 Å². The van der Waals surface area contributed by atoms with Crippen molar-refractivity contribution in [2.24, 2.45) is 0 Å². The minimum Gasteiger partial charge on any atom is -0.494 e. The van der Waals surface area contributed by atoms with Crippen LogP contribution in [0.15, 0.2) is 33.9 Å². The molecule has 0 unspecified atom stereocenters. The van der Waals surface area contributed by atoms with Crippen LogP contribution in [0.4, 0.5) is 11.5 Å². The summed E-state index contributed by atoms with van der Waals surface area (Å²) < 4.78 is 6.79. The number of amides is 1. The third-order valence-electron chi connectivity index (χ3n) is 4.16. The normalized spacial score (nSPS) is 10.6. The number of nitrogens with two attached hydrogens (primary N) is 1. The van der Waals surface area contributed by atoms with Gasteiger partial charge in [-0.1, -0.05) is 20.3 Å². The van der Waals surface area contributed by atoms with Crippen molar-refractivity contribution in [2.45, 2.75) is 39.7 Å². The molecule has 0 spiro atoms. The van der Waals surface area contributed by atoms with Crippen LogP contribution in [-0.2, 0) is 6.54 Å². The SMILES string of the molecule is CCCCn1c(N)c(N(C)C(=O)c2ccc(OCCC)cc2)c(=O)[nH]c1=O. The van der Waals surface area contributed by atoms with E-state index in [1.807, 2.05) is 13.8 Å². The van der Waals surface area contributed by atoms with Gasteiger partial charge in [0, 0.05) is 19.2 Å². The first-order valence-corrected chi connectivity index (χ1v) is 9.04. The Hall–Kier alpha value is -3.03. The van der Waals surface area contributed by atoms with E-state index in [0.717, 1.165) is 24.2 Å². The van der Waals surface area contributed by atoms with Crippen LogP contribution in [0, 0.1) is 0 Å². The van der Waals surface area contributed by atoms with Gasteiger partial charge in [0.05, 0.1) is 6.61 Å². The monoisotopic (exact) mass is 374 g/mol. The quantitative estimate of drug-likeness (QED) is 0.734. The number of rotatable bonds is 8. The van der Waals surface area contributed by atoms with E-state index < -0.39 is 17.2 Å². The highest BCUT2D eigenvalue weighted by atomic mass is 16.5. The number of nitrogens with one attached hydrogen (secondary N) is 1. The maximum Gasteiger partial charge on any atom is 0.330 e. The first-order chi connectivity index (χ1) is 12.9.